The van der Waals surface area contributed by atoms with Crippen LogP contribution in [0, 0.1) is 5.82 Å². The summed E-state index contributed by atoms with van der Waals surface area (Å²) in [7, 11) is -0.450. The Kier molecular flexibility index (Phi) is 3.58. The molecule has 0 unspecified atom stereocenters. The van der Waals surface area contributed by atoms with E-state index >= 15 is 0 Å². The van der Waals surface area contributed by atoms with Crippen LogP contribution >= 0.6 is 0 Å². The van der Waals surface area contributed by atoms with Gasteiger partial charge in [0.05, 0.1) is 11.2 Å². The maximum atomic E-state index is 13.6. The van der Waals surface area contributed by atoms with Crippen LogP contribution in [0.25, 0.3) is 0 Å². The molecule has 102 valence electrons. The van der Waals surface area contributed by atoms with E-state index in [2.05, 4.69) is 6.58 Å². The second-order valence-electron chi connectivity index (χ2n) is 5.93. The second kappa shape index (κ2) is 4.76. The van der Waals surface area contributed by atoms with Gasteiger partial charge in [0.1, 0.15) is 5.82 Å². The molecule has 0 amide bonds. The van der Waals surface area contributed by atoms with Crippen molar-refractivity contribution in [2.45, 2.75) is 45.3 Å². The van der Waals surface area contributed by atoms with Crippen molar-refractivity contribution in [2.24, 2.45) is 0 Å². The Bertz CT molecular complexity index is 481. The SMILES string of the molecule is C=CCc1cc(B2OC(C)(C)C(C)(C)O2)ccc1F. The van der Waals surface area contributed by atoms with Crippen LogP contribution in [0.5, 0.6) is 0 Å². The fraction of sp³-hybridized carbons (Fsp3) is 0.467. The quantitative estimate of drug-likeness (QED) is 0.616. The zero-order chi connectivity index (χ0) is 14.3. The van der Waals surface area contributed by atoms with Crippen LogP contribution in [0.15, 0.2) is 30.9 Å². The topological polar surface area (TPSA) is 18.5 Å². The van der Waals surface area contributed by atoms with Gasteiger partial charge in [-0.25, -0.2) is 4.39 Å². The molecule has 1 saturated heterocycles. The first-order valence-corrected chi connectivity index (χ1v) is 6.52. The minimum absolute atomic E-state index is 0.222. The van der Waals surface area contributed by atoms with Crippen LogP contribution in [-0.2, 0) is 15.7 Å². The number of allylic oxidation sites excluding steroid dienone is 1. The van der Waals surface area contributed by atoms with Crippen LogP contribution in [0.2, 0.25) is 0 Å². The largest absolute Gasteiger partial charge is 0.494 e. The van der Waals surface area contributed by atoms with E-state index in [0.717, 1.165) is 5.46 Å². The Morgan fingerprint density at radius 2 is 1.79 bits per heavy atom. The lowest BCUT2D eigenvalue weighted by Crippen LogP contribution is -2.41. The van der Waals surface area contributed by atoms with E-state index in [1.165, 1.54) is 6.07 Å². The molecule has 19 heavy (non-hydrogen) atoms. The fourth-order valence-electron chi connectivity index (χ4n) is 2.03. The first-order valence-electron chi connectivity index (χ1n) is 6.52. The van der Waals surface area contributed by atoms with Gasteiger partial charge in [0.25, 0.3) is 0 Å². The average Bonchev–Trinajstić information content (AvgIpc) is 2.51. The van der Waals surface area contributed by atoms with Crippen molar-refractivity contribution in [3.8, 4) is 0 Å². The van der Waals surface area contributed by atoms with E-state index in [1.807, 2.05) is 27.7 Å². The number of hydrogen-bond acceptors (Lipinski definition) is 2. The molecule has 0 radical (unpaired) electrons. The van der Waals surface area contributed by atoms with Gasteiger partial charge >= 0.3 is 7.12 Å². The van der Waals surface area contributed by atoms with E-state index in [0.29, 0.717) is 12.0 Å². The molecule has 0 N–H and O–H groups in total. The second-order valence-corrected chi connectivity index (χ2v) is 5.93. The maximum Gasteiger partial charge on any atom is 0.494 e. The molecule has 1 aromatic rings. The highest BCUT2D eigenvalue weighted by atomic mass is 19.1. The summed E-state index contributed by atoms with van der Waals surface area (Å²) in [5.74, 6) is -0.222. The summed E-state index contributed by atoms with van der Waals surface area (Å²) in [6, 6.07) is 4.96. The molecular weight excluding hydrogens is 242 g/mol. The van der Waals surface area contributed by atoms with Gasteiger partial charge in [-0.15, -0.1) is 6.58 Å². The van der Waals surface area contributed by atoms with Gasteiger partial charge in [-0.3, -0.25) is 0 Å². The van der Waals surface area contributed by atoms with Crippen molar-refractivity contribution in [1.29, 1.82) is 0 Å². The molecular formula is C15H20BFO2. The normalized spacial score (nSPS) is 20.6. The molecule has 0 spiro atoms. The van der Waals surface area contributed by atoms with Crippen molar-refractivity contribution >= 4 is 12.6 Å². The van der Waals surface area contributed by atoms with Crippen molar-refractivity contribution in [3.63, 3.8) is 0 Å². The number of rotatable bonds is 3. The third-order valence-corrected chi connectivity index (χ3v) is 3.96. The minimum atomic E-state index is -0.450. The highest BCUT2D eigenvalue weighted by Crippen LogP contribution is 2.36. The standard InChI is InChI=1S/C15H20BFO2/c1-6-7-11-10-12(8-9-13(11)17)16-18-14(2,3)15(4,5)19-16/h6,8-10H,1,7H2,2-5H3. The van der Waals surface area contributed by atoms with Crippen molar-refractivity contribution in [1.82, 2.24) is 0 Å². The highest BCUT2D eigenvalue weighted by molar-refractivity contribution is 6.62. The Morgan fingerprint density at radius 3 is 2.32 bits per heavy atom. The van der Waals surface area contributed by atoms with E-state index in [-0.39, 0.29) is 17.0 Å². The predicted molar refractivity (Wildman–Crippen MR) is 76.0 cm³/mol. The van der Waals surface area contributed by atoms with Gasteiger partial charge < -0.3 is 9.31 Å². The van der Waals surface area contributed by atoms with Crippen LogP contribution in [0.3, 0.4) is 0 Å². The van der Waals surface area contributed by atoms with Gasteiger partial charge in [0, 0.05) is 0 Å². The van der Waals surface area contributed by atoms with Crippen LogP contribution < -0.4 is 5.46 Å². The van der Waals surface area contributed by atoms with Gasteiger partial charge in [-0.05, 0) is 51.2 Å². The number of benzene rings is 1. The molecule has 0 saturated carbocycles. The van der Waals surface area contributed by atoms with Crippen molar-refractivity contribution in [2.75, 3.05) is 0 Å². The van der Waals surface area contributed by atoms with Crippen LogP contribution in [-0.4, -0.2) is 18.3 Å². The third-order valence-electron chi connectivity index (χ3n) is 3.96. The summed E-state index contributed by atoms with van der Waals surface area (Å²) in [5, 5.41) is 0. The number of halogens is 1. The molecule has 0 bridgehead atoms. The summed E-state index contributed by atoms with van der Waals surface area (Å²) >= 11 is 0. The molecule has 1 aliphatic heterocycles. The lowest BCUT2D eigenvalue weighted by atomic mass is 9.78. The molecule has 4 heteroatoms. The Labute approximate surface area is 114 Å². The van der Waals surface area contributed by atoms with E-state index in [9.17, 15) is 4.39 Å². The average molecular weight is 262 g/mol. The molecule has 2 rings (SSSR count). The minimum Gasteiger partial charge on any atom is -0.399 e. The zero-order valence-corrected chi connectivity index (χ0v) is 12.0. The Morgan fingerprint density at radius 1 is 1.21 bits per heavy atom. The van der Waals surface area contributed by atoms with E-state index < -0.39 is 7.12 Å². The van der Waals surface area contributed by atoms with Gasteiger partial charge in [-0.2, -0.15) is 0 Å². The molecule has 0 aliphatic carbocycles. The third kappa shape index (κ3) is 2.60. The molecule has 1 fully saturated rings. The van der Waals surface area contributed by atoms with Gasteiger partial charge in [0.15, 0.2) is 0 Å². The summed E-state index contributed by atoms with van der Waals surface area (Å²) in [4.78, 5) is 0. The number of hydrogen-bond donors (Lipinski definition) is 0. The molecule has 2 nitrogen and oxygen atoms in total. The molecule has 1 heterocycles. The van der Waals surface area contributed by atoms with E-state index in [4.69, 9.17) is 9.31 Å². The van der Waals surface area contributed by atoms with Crippen molar-refractivity contribution < 1.29 is 13.7 Å². The molecule has 1 aliphatic rings. The summed E-state index contributed by atoms with van der Waals surface area (Å²) in [6.45, 7) is 11.6. The fourth-order valence-corrected chi connectivity index (χ4v) is 2.03. The lowest BCUT2D eigenvalue weighted by Gasteiger charge is -2.32. The van der Waals surface area contributed by atoms with Crippen LogP contribution in [0.4, 0.5) is 4.39 Å². The highest BCUT2D eigenvalue weighted by Gasteiger charge is 2.51. The first kappa shape index (κ1) is 14.3. The summed E-state index contributed by atoms with van der Waals surface area (Å²) in [6.07, 6.45) is 2.19. The van der Waals surface area contributed by atoms with Gasteiger partial charge in [-0.1, -0.05) is 18.2 Å². The first-order chi connectivity index (χ1) is 8.77. The lowest BCUT2D eigenvalue weighted by molar-refractivity contribution is 0.00578. The Balaban J connectivity index is 2.29. The smallest absolute Gasteiger partial charge is 0.399 e. The maximum absolute atomic E-state index is 13.6. The van der Waals surface area contributed by atoms with E-state index in [1.54, 1.807) is 18.2 Å². The molecule has 0 aromatic heterocycles. The summed E-state index contributed by atoms with van der Waals surface area (Å²) < 4.78 is 25.5. The Hall–Kier alpha value is -1.13. The summed E-state index contributed by atoms with van der Waals surface area (Å²) in [5.41, 5.74) is 0.689. The zero-order valence-electron chi connectivity index (χ0n) is 12.0. The van der Waals surface area contributed by atoms with Crippen molar-refractivity contribution in [3.05, 3.63) is 42.2 Å². The monoisotopic (exact) mass is 262 g/mol. The molecule has 0 atom stereocenters. The predicted octanol–water partition coefficient (Wildman–Crippen LogP) is 2.85. The van der Waals surface area contributed by atoms with Gasteiger partial charge in [0.2, 0.25) is 0 Å². The van der Waals surface area contributed by atoms with Crippen LogP contribution in [0.1, 0.15) is 33.3 Å². The molecule has 1 aromatic carbocycles.